The first-order chi connectivity index (χ1) is 9.01. The van der Waals surface area contributed by atoms with Crippen molar-refractivity contribution >= 4 is 17.3 Å². The lowest BCUT2D eigenvalue weighted by Gasteiger charge is -2.09. The minimum Gasteiger partial charge on any atom is -0.465 e. The molecule has 1 rings (SSSR count). The second-order valence-corrected chi connectivity index (χ2v) is 3.52. The largest absolute Gasteiger partial charge is 0.465 e. The van der Waals surface area contributed by atoms with Crippen LogP contribution in [0.3, 0.4) is 0 Å². The third-order valence-corrected chi connectivity index (χ3v) is 2.31. The lowest BCUT2D eigenvalue weighted by atomic mass is 10.1. The number of rotatable bonds is 6. The molecule has 0 aliphatic rings. The maximum absolute atomic E-state index is 13.6. The monoisotopic (exact) mass is 272 g/mol. The van der Waals surface area contributed by atoms with Gasteiger partial charge in [-0.15, -0.1) is 0 Å². The Morgan fingerprint density at radius 2 is 2.16 bits per heavy atom. The summed E-state index contributed by atoms with van der Waals surface area (Å²) < 4.78 is 22.7. The summed E-state index contributed by atoms with van der Waals surface area (Å²) in [4.78, 5) is 21.4. The van der Waals surface area contributed by atoms with Crippen molar-refractivity contribution in [2.45, 2.75) is 0 Å². The molecule has 0 atom stereocenters. The molecule has 0 fully saturated rings. The molecule has 0 aromatic heterocycles. The zero-order valence-corrected chi connectivity index (χ0v) is 10.4. The van der Waals surface area contributed by atoms with E-state index >= 15 is 0 Å². The van der Waals surface area contributed by atoms with Gasteiger partial charge in [-0.05, 0) is 6.07 Å². The Balaban J connectivity index is 3.15. The van der Waals surface area contributed by atoms with Gasteiger partial charge in [-0.1, -0.05) is 0 Å². The quantitative estimate of drug-likeness (QED) is 0.366. The number of benzene rings is 1. The fraction of sp³-hybridized carbons (Fsp3) is 0.364. The average Bonchev–Trinajstić information content (AvgIpc) is 2.39. The van der Waals surface area contributed by atoms with Crippen LogP contribution in [0.1, 0.15) is 10.4 Å². The first-order valence-corrected chi connectivity index (χ1v) is 5.30. The highest BCUT2D eigenvalue weighted by Crippen LogP contribution is 2.28. The molecule has 1 aromatic carbocycles. The molecule has 0 radical (unpaired) electrons. The number of nitrogens with one attached hydrogen (secondary N) is 1. The maximum atomic E-state index is 13.6. The number of nitro benzene ring substituents is 1. The van der Waals surface area contributed by atoms with Crippen LogP contribution in [-0.2, 0) is 9.47 Å². The van der Waals surface area contributed by atoms with Crippen LogP contribution in [0.25, 0.3) is 0 Å². The van der Waals surface area contributed by atoms with E-state index in [9.17, 15) is 19.3 Å². The molecule has 0 saturated carbocycles. The molecule has 0 aliphatic heterocycles. The second-order valence-electron chi connectivity index (χ2n) is 3.52. The van der Waals surface area contributed by atoms with E-state index in [1.807, 2.05) is 0 Å². The number of anilines is 1. The van der Waals surface area contributed by atoms with Gasteiger partial charge in [0.1, 0.15) is 11.5 Å². The molecule has 104 valence electrons. The number of esters is 1. The summed E-state index contributed by atoms with van der Waals surface area (Å²) >= 11 is 0. The average molecular weight is 272 g/mol. The van der Waals surface area contributed by atoms with Gasteiger partial charge in [-0.25, -0.2) is 9.18 Å². The molecule has 1 aromatic rings. The van der Waals surface area contributed by atoms with E-state index in [0.717, 1.165) is 13.2 Å². The number of hydrogen-bond donors (Lipinski definition) is 1. The first-order valence-electron chi connectivity index (χ1n) is 5.30. The van der Waals surface area contributed by atoms with Gasteiger partial charge in [0.25, 0.3) is 5.69 Å². The van der Waals surface area contributed by atoms with Gasteiger partial charge < -0.3 is 14.8 Å². The van der Waals surface area contributed by atoms with Crippen molar-refractivity contribution in [3.05, 3.63) is 33.6 Å². The van der Waals surface area contributed by atoms with Gasteiger partial charge in [-0.2, -0.15) is 0 Å². The normalized spacial score (nSPS) is 10.1. The summed E-state index contributed by atoms with van der Waals surface area (Å²) in [5.41, 5.74) is -0.793. The molecule has 0 unspecified atom stereocenters. The Kier molecular flexibility index (Phi) is 5.19. The summed E-state index contributed by atoms with van der Waals surface area (Å²) in [5.74, 6) is -1.90. The number of carbonyl (C=O) groups excluding carboxylic acids is 1. The van der Waals surface area contributed by atoms with Gasteiger partial charge in [0.15, 0.2) is 0 Å². The molecule has 19 heavy (non-hydrogen) atoms. The van der Waals surface area contributed by atoms with E-state index < -0.39 is 22.4 Å². The van der Waals surface area contributed by atoms with Crippen molar-refractivity contribution in [3.8, 4) is 0 Å². The fourth-order valence-electron chi connectivity index (χ4n) is 1.41. The minimum absolute atomic E-state index is 0.0313. The van der Waals surface area contributed by atoms with Gasteiger partial charge >= 0.3 is 5.97 Å². The lowest BCUT2D eigenvalue weighted by molar-refractivity contribution is -0.384. The summed E-state index contributed by atoms with van der Waals surface area (Å²) in [6, 6.07) is 1.73. The van der Waals surface area contributed by atoms with E-state index in [1.165, 1.54) is 7.11 Å². The number of ether oxygens (including phenoxy) is 2. The Morgan fingerprint density at radius 3 is 2.68 bits per heavy atom. The third-order valence-electron chi connectivity index (χ3n) is 2.31. The van der Waals surface area contributed by atoms with Crippen LogP contribution in [0.15, 0.2) is 12.1 Å². The van der Waals surface area contributed by atoms with Crippen molar-refractivity contribution in [1.82, 2.24) is 0 Å². The van der Waals surface area contributed by atoms with Crippen LogP contribution in [0, 0.1) is 15.9 Å². The Morgan fingerprint density at radius 1 is 1.47 bits per heavy atom. The third kappa shape index (κ3) is 3.62. The highest BCUT2D eigenvalue weighted by Gasteiger charge is 2.22. The highest BCUT2D eigenvalue weighted by atomic mass is 19.1. The summed E-state index contributed by atoms with van der Waals surface area (Å²) in [5, 5.41) is 13.5. The minimum atomic E-state index is -1.00. The van der Waals surface area contributed by atoms with Crippen LogP contribution in [0.5, 0.6) is 0 Å². The smallest absolute Gasteiger partial charge is 0.340 e. The summed E-state index contributed by atoms with van der Waals surface area (Å²) in [7, 11) is 2.57. The summed E-state index contributed by atoms with van der Waals surface area (Å²) in [6.07, 6.45) is 0. The zero-order chi connectivity index (χ0) is 14.4. The van der Waals surface area contributed by atoms with Gasteiger partial charge in [0, 0.05) is 13.7 Å². The lowest BCUT2D eigenvalue weighted by Crippen LogP contribution is -2.12. The van der Waals surface area contributed by atoms with Crippen molar-refractivity contribution in [1.29, 1.82) is 0 Å². The standard InChI is InChI=1S/C11H13FN2O5/c1-18-4-3-13-9-5-7(11(15)19-2)8(12)6-10(9)14(16)17/h5-6,13H,3-4H2,1-2H3. The van der Waals surface area contributed by atoms with E-state index in [0.29, 0.717) is 12.7 Å². The van der Waals surface area contributed by atoms with Crippen molar-refractivity contribution in [2.24, 2.45) is 0 Å². The number of hydrogen-bond acceptors (Lipinski definition) is 6. The molecule has 0 saturated heterocycles. The molecule has 0 amide bonds. The van der Waals surface area contributed by atoms with Crippen LogP contribution in [0.2, 0.25) is 0 Å². The van der Waals surface area contributed by atoms with Crippen LogP contribution >= 0.6 is 0 Å². The molecule has 0 bridgehead atoms. The molecule has 0 spiro atoms. The predicted octanol–water partition coefficient (Wildman–Crippen LogP) is 1.58. The maximum Gasteiger partial charge on any atom is 0.340 e. The van der Waals surface area contributed by atoms with Crippen LogP contribution < -0.4 is 5.32 Å². The first kappa shape index (κ1) is 14.8. The fourth-order valence-corrected chi connectivity index (χ4v) is 1.41. The van der Waals surface area contributed by atoms with E-state index in [2.05, 4.69) is 10.1 Å². The Hall–Kier alpha value is -2.22. The molecular weight excluding hydrogens is 259 g/mol. The number of halogens is 1. The molecule has 7 nitrogen and oxygen atoms in total. The van der Waals surface area contributed by atoms with Gasteiger partial charge in [0.05, 0.1) is 30.3 Å². The number of methoxy groups -OCH3 is 2. The Labute approximate surface area is 108 Å². The second kappa shape index (κ2) is 6.64. The Bertz CT molecular complexity index is 492. The molecule has 8 heteroatoms. The highest BCUT2D eigenvalue weighted by molar-refractivity contribution is 5.91. The van der Waals surface area contributed by atoms with Gasteiger partial charge in [0.2, 0.25) is 0 Å². The topological polar surface area (TPSA) is 90.7 Å². The van der Waals surface area contributed by atoms with Crippen molar-refractivity contribution < 1.29 is 23.6 Å². The van der Waals surface area contributed by atoms with Crippen LogP contribution in [-0.4, -0.2) is 38.3 Å². The number of nitrogens with zero attached hydrogens (tertiary/aromatic N) is 1. The SMILES string of the molecule is COCCNc1cc(C(=O)OC)c(F)cc1[N+](=O)[O-]. The number of carbonyl (C=O) groups is 1. The van der Waals surface area contributed by atoms with E-state index in [1.54, 1.807) is 0 Å². The number of nitro groups is 1. The zero-order valence-electron chi connectivity index (χ0n) is 10.4. The molecule has 0 aliphatic carbocycles. The van der Waals surface area contributed by atoms with E-state index in [-0.39, 0.29) is 17.8 Å². The van der Waals surface area contributed by atoms with Crippen molar-refractivity contribution in [2.75, 3.05) is 32.7 Å². The van der Waals surface area contributed by atoms with Crippen molar-refractivity contribution in [3.63, 3.8) is 0 Å². The summed E-state index contributed by atoms with van der Waals surface area (Å²) in [6.45, 7) is 0.589. The van der Waals surface area contributed by atoms with E-state index in [4.69, 9.17) is 4.74 Å². The van der Waals surface area contributed by atoms with Crippen LogP contribution in [0.4, 0.5) is 15.8 Å². The molecule has 1 N–H and O–H groups in total. The molecule has 0 heterocycles. The van der Waals surface area contributed by atoms with Gasteiger partial charge in [-0.3, -0.25) is 10.1 Å². The predicted molar refractivity (Wildman–Crippen MR) is 64.8 cm³/mol. The molecular formula is C11H13FN2O5.